The number of ether oxygens (including phenoxy) is 2. The highest BCUT2D eigenvalue weighted by Crippen LogP contribution is 2.37. The molecule has 3 aliphatic heterocycles. The largest absolute Gasteiger partial charge is 0.491 e. The third kappa shape index (κ3) is 5.49. The van der Waals surface area contributed by atoms with Crippen molar-refractivity contribution in [2.45, 2.75) is 19.4 Å². The second-order valence-corrected chi connectivity index (χ2v) is 8.36. The van der Waals surface area contributed by atoms with Gasteiger partial charge in [-0.25, -0.2) is 0 Å². The van der Waals surface area contributed by atoms with Crippen LogP contribution in [0.2, 0.25) is 5.02 Å². The first-order chi connectivity index (χ1) is 12.7. The highest BCUT2D eigenvalue weighted by molar-refractivity contribution is 6.32. The van der Waals surface area contributed by atoms with Crippen molar-refractivity contribution >= 4 is 24.0 Å². The van der Waals surface area contributed by atoms with E-state index < -0.39 is 0 Å². The van der Waals surface area contributed by atoms with Gasteiger partial charge in [-0.2, -0.15) is 0 Å². The lowest BCUT2D eigenvalue weighted by Gasteiger charge is -2.26. The van der Waals surface area contributed by atoms with Crippen molar-refractivity contribution in [3.05, 3.63) is 28.8 Å². The van der Waals surface area contributed by atoms with E-state index in [1.165, 1.54) is 44.6 Å². The zero-order chi connectivity index (χ0) is 17.8. The Bertz CT molecular complexity index is 605. The van der Waals surface area contributed by atoms with Gasteiger partial charge in [0.2, 0.25) is 0 Å². The summed E-state index contributed by atoms with van der Waals surface area (Å²) in [6.45, 7) is 10.9. The van der Waals surface area contributed by atoms with Gasteiger partial charge in [-0.1, -0.05) is 17.7 Å². The zero-order valence-electron chi connectivity index (χ0n) is 15.9. The molecule has 3 saturated heterocycles. The molecule has 1 aromatic rings. The zero-order valence-corrected chi connectivity index (χ0v) is 17.5. The molecular weight excluding hydrogens is 385 g/mol. The molecular formula is C20H31Cl2N3O2. The van der Waals surface area contributed by atoms with Gasteiger partial charge in [-0.15, -0.1) is 12.4 Å². The predicted octanol–water partition coefficient (Wildman–Crippen LogP) is 2.66. The lowest BCUT2D eigenvalue weighted by molar-refractivity contribution is 0.0322. The summed E-state index contributed by atoms with van der Waals surface area (Å²) in [7, 11) is 0. The minimum absolute atomic E-state index is 0. The van der Waals surface area contributed by atoms with Gasteiger partial charge in [0.15, 0.2) is 0 Å². The van der Waals surface area contributed by atoms with Crippen LogP contribution in [-0.4, -0.2) is 75.4 Å². The van der Waals surface area contributed by atoms with Crippen LogP contribution < -0.4 is 10.1 Å². The molecule has 152 valence electrons. The number of nitrogens with one attached hydrogen (secondary N) is 1. The van der Waals surface area contributed by atoms with Gasteiger partial charge >= 0.3 is 0 Å². The Hall–Kier alpha value is -0.560. The van der Waals surface area contributed by atoms with Crippen molar-refractivity contribution in [2.75, 3.05) is 65.6 Å². The van der Waals surface area contributed by atoms with E-state index in [2.05, 4.69) is 27.2 Å². The Kier molecular flexibility index (Phi) is 7.65. The Morgan fingerprint density at radius 1 is 1.15 bits per heavy atom. The SMILES string of the molecule is Cl.Clc1cc(CN2CCC3(CCNC3)C2)ccc1OCCN1CCOCC1. The van der Waals surface area contributed by atoms with Crippen LogP contribution in [0.5, 0.6) is 5.75 Å². The average molecular weight is 416 g/mol. The number of morpholine rings is 1. The van der Waals surface area contributed by atoms with Crippen LogP contribution in [0.3, 0.4) is 0 Å². The molecule has 0 amide bonds. The van der Waals surface area contributed by atoms with Crippen LogP contribution in [0, 0.1) is 5.41 Å². The molecule has 3 aliphatic rings. The summed E-state index contributed by atoms with van der Waals surface area (Å²) in [4.78, 5) is 4.94. The maximum absolute atomic E-state index is 6.47. The fourth-order valence-corrected chi connectivity index (χ4v) is 4.69. The van der Waals surface area contributed by atoms with Gasteiger partial charge in [0, 0.05) is 39.3 Å². The van der Waals surface area contributed by atoms with E-state index in [1.807, 2.05) is 6.07 Å². The minimum atomic E-state index is 0. The number of nitrogens with zero attached hydrogens (tertiary/aromatic N) is 2. The highest BCUT2D eigenvalue weighted by atomic mass is 35.5. The van der Waals surface area contributed by atoms with Gasteiger partial charge in [0.25, 0.3) is 0 Å². The third-order valence-corrected chi connectivity index (χ3v) is 6.32. The molecule has 3 fully saturated rings. The molecule has 1 unspecified atom stereocenters. The van der Waals surface area contributed by atoms with Crippen molar-refractivity contribution in [2.24, 2.45) is 5.41 Å². The predicted molar refractivity (Wildman–Crippen MR) is 111 cm³/mol. The molecule has 1 atom stereocenters. The molecule has 1 spiro atoms. The molecule has 7 heteroatoms. The van der Waals surface area contributed by atoms with E-state index in [-0.39, 0.29) is 12.4 Å². The van der Waals surface area contributed by atoms with Crippen LogP contribution in [0.25, 0.3) is 0 Å². The maximum Gasteiger partial charge on any atom is 0.137 e. The Morgan fingerprint density at radius 3 is 2.74 bits per heavy atom. The molecule has 0 aromatic heterocycles. The molecule has 1 N–H and O–H groups in total. The second-order valence-electron chi connectivity index (χ2n) is 7.95. The molecule has 27 heavy (non-hydrogen) atoms. The third-order valence-electron chi connectivity index (χ3n) is 6.02. The molecule has 3 heterocycles. The molecule has 0 radical (unpaired) electrons. The highest BCUT2D eigenvalue weighted by Gasteiger charge is 2.40. The van der Waals surface area contributed by atoms with Crippen molar-refractivity contribution in [3.8, 4) is 5.75 Å². The first-order valence-electron chi connectivity index (χ1n) is 9.87. The van der Waals surface area contributed by atoms with Crippen molar-refractivity contribution in [1.29, 1.82) is 0 Å². The topological polar surface area (TPSA) is 37.0 Å². The van der Waals surface area contributed by atoms with Crippen LogP contribution in [0.15, 0.2) is 18.2 Å². The van der Waals surface area contributed by atoms with Crippen LogP contribution in [0.1, 0.15) is 18.4 Å². The van der Waals surface area contributed by atoms with Crippen LogP contribution in [0.4, 0.5) is 0 Å². The molecule has 5 nitrogen and oxygen atoms in total. The lowest BCUT2D eigenvalue weighted by Crippen LogP contribution is -2.38. The monoisotopic (exact) mass is 415 g/mol. The fourth-order valence-electron chi connectivity index (χ4n) is 4.43. The van der Waals surface area contributed by atoms with Gasteiger partial charge < -0.3 is 14.8 Å². The van der Waals surface area contributed by atoms with E-state index in [0.717, 1.165) is 50.2 Å². The molecule has 0 saturated carbocycles. The average Bonchev–Trinajstić information content (AvgIpc) is 3.28. The number of rotatable bonds is 6. The summed E-state index contributed by atoms with van der Waals surface area (Å²) in [5, 5.41) is 4.25. The maximum atomic E-state index is 6.47. The van der Waals surface area contributed by atoms with Crippen molar-refractivity contribution in [3.63, 3.8) is 0 Å². The number of hydrogen-bond acceptors (Lipinski definition) is 5. The van der Waals surface area contributed by atoms with Gasteiger partial charge in [-0.3, -0.25) is 9.80 Å². The Morgan fingerprint density at radius 2 is 2.00 bits per heavy atom. The quantitative estimate of drug-likeness (QED) is 0.772. The Balaban J connectivity index is 0.00000210. The Labute approximate surface area is 173 Å². The van der Waals surface area contributed by atoms with Crippen LogP contribution in [-0.2, 0) is 11.3 Å². The normalized spacial score (nSPS) is 26.4. The first-order valence-corrected chi connectivity index (χ1v) is 10.2. The minimum Gasteiger partial charge on any atom is -0.491 e. The van der Waals surface area contributed by atoms with Gasteiger partial charge in [0.1, 0.15) is 12.4 Å². The summed E-state index contributed by atoms with van der Waals surface area (Å²) in [6.07, 6.45) is 2.64. The smallest absolute Gasteiger partial charge is 0.137 e. The number of hydrogen-bond donors (Lipinski definition) is 1. The first kappa shape index (κ1) is 21.2. The van der Waals surface area contributed by atoms with E-state index >= 15 is 0 Å². The number of likely N-dealkylation sites (tertiary alicyclic amines) is 1. The van der Waals surface area contributed by atoms with E-state index in [0.29, 0.717) is 12.0 Å². The summed E-state index contributed by atoms with van der Waals surface area (Å²) in [6, 6.07) is 6.26. The second kappa shape index (κ2) is 9.77. The van der Waals surface area contributed by atoms with E-state index in [4.69, 9.17) is 21.1 Å². The standard InChI is InChI=1S/C20H30ClN3O2.ClH/c21-18-13-17(14-24-6-4-20(16-24)3-5-22-15-20)1-2-19(18)26-12-9-23-7-10-25-11-8-23;/h1-2,13,22H,3-12,14-16H2;1H. The van der Waals surface area contributed by atoms with Crippen LogP contribution >= 0.6 is 24.0 Å². The van der Waals surface area contributed by atoms with E-state index in [9.17, 15) is 0 Å². The fraction of sp³-hybridized carbons (Fsp3) is 0.700. The van der Waals surface area contributed by atoms with Gasteiger partial charge in [0.05, 0.1) is 18.2 Å². The summed E-state index contributed by atoms with van der Waals surface area (Å²) < 4.78 is 11.3. The summed E-state index contributed by atoms with van der Waals surface area (Å²) in [5.41, 5.74) is 1.80. The molecule has 4 rings (SSSR count). The molecule has 0 bridgehead atoms. The molecule has 0 aliphatic carbocycles. The van der Waals surface area contributed by atoms with Gasteiger partial charge in [-0.05, 0) is 49.0 Å². The molecule has 1 aromatic carbocycles. The van der Waals surface area contributed by atoms with Crippen molar-refractivity contribution < 1.29 is 9.47 Å². The summed E-state index contributed by atoms with van der Waals surface area (Å²) in [5.74, 6) is 0.793. The number of benzene rings is 1. The number of halogens is 2. The van der Waals surface area contributed by atoms with E-state index in [1.54, 1.807) is 0 Å². The summed E-state index contributed by atoms with van der Waals surface area (Å²) >= 11 is 6.47. The lowest BCUT2D eigenvalue weighted by atomic mass is 9.86. The van der Waals surface area contributed by atoms with Crippen molar-refractivity contribution in [1.82, 2.24) is 15.1 Å².